The number of carbonyl (C=O) groups is 1. The van der Waals surface area contributed by atoms with Crippen molar-refractivity contribution in [1.29, 1.82) is 0 Å². The Morgan fingerprint density at radius 2 is 1.91 bits per heavy atom. The topological polar surface area (TPSA) is 93.5 Å². The van der Waals surface area contributed by atoms with Crippen LogP contribution in [0.15, 0.2) is 48.1 Å². The summed E-state index contributed by atoms with van der Waals surface area (Å²) < 4.78 is 17.9. The van der Waals surface area contributed by atoms with E-state index in [9.17, 15) is 10.3 Å². The number of hydrogen-bond acceptors (Lipinski definition) is 5. The first kappa shape index (κ1) is 25.3. The molecule has 1 aliphatic heterocycles. The molecule has 1 aromatic carbocycles. The van der Waals surface area contributed by atoms with Crippen LogP contribution in [0.1, 0.15) is 59.4 Å². The predicted octanol–water partition coefficient (Wildman–Crippen LogP) is 6.11. The van der Waals surface area contributed by atoms with E-state index in [1.807, 2.05) is 64.1 Å². The zero-order valence-electron chi connectivity index (χ0n) is 20.5. The molecule has 1 aliphatic carbocycles. The number of azide groups is 1. The third-order valence-corrected chi connectivity index (χ3v) is 7.82. The molecular formula is C25H36BN3O4. The van der Waals surface area contributed by atoms with Crippen LogP contribution in [0, 0.1) is 17.8 Å². The van der Waals surface area contributed by atoms with E-state index < -0.39 is 11.5 Å². The standard InChI is InChI=1S/C25H36BN3O4/c1-7-20-16-25(28-29-27,22(30)31-17-19-12-9-8-10-13-19)21(18(20)2)14-11-15-26-32-23(3,4)24(5,6)33-26/h7-10,12-13,18,20-21H,1,11,14-17H2,2-6H3/t18-,20-,21?,25?/m1/s1. The average Bonchev–Trinajstić information content (AvgIpc) is 3.16. The summed E-state index contributed by atoms with van der Waals surface area (Å²) >= 11 is 0. The van der Waals surface area contributed by atoms with Gasteiger partial charge in [0.1, 0.15) is 12.1 Å². The van der Waals surface area contributed by atoms with Crippen LogP contribution >= 0.6 is 0 Å². The zero-order valence-corrected chi connectivity index (χ0v) is 20.5. The highest BCUT2D eigenvalue weighted by molar-refractivity contribution is 6.45. The molecule has 0 N–H and O–H groups in total. The minimum atomic E-state index is -1.24. The lowest BCUT2D eigenvalue weighted by Gasteiger charge is -2.32. The molecule has 0 amide bonds. The van der Waals surface area contributed by atoms with Gasteiger partial charge in [-0.15, -0.1) is 6.58 Å². The van der Waals surface area contributed by atoms with Gasteiger partial charge in [0.25, 0.3) is 0 Å². The van der Waals surface area contributed by atoms with Gasteiger partial charge in [-0.2, -0.15) is 0 Å². The fourth-order valence-electron chi connectivity index (χ4n) is 5.14. The van der Waals surface area contributed by atoms with E-state index in [0.29, 0.717) is 19.2 Å². The first-order valence-corrected chi connectivity index (χ1v) is 11.8. The molecule has 0 spiro atoms. The van der Waals surface area contributed by atoms with E-state index in [1.54, 1.807) is 0 Å². The fourth-order valence-corrected chi connectivity index (χ4v) is 5.14. The van der Waals surface area contributed by atoms with Gasteiger partial charge in [-0.25, -0.2) is 0 Å². The van der Waals surface area contributed by atoms with Crippen LogP contribution in [0.25, 0.3) is 10.4 Å². The molecule has 4 atom stereocenters. The number of nitrogens with zero attached hydrogens (tertiary/aromatic N) is 3. The van der Waals surface area contributed by atoms with Crippen molar-refractivity contribution < 1.29 is 18.8 Å². The Kier molecular flexibility index (Phi) is 7.62. The van der Waals surface area contributed by atoms with Crippen LogP contribution < -0.4 is 0 Å². The third-order valence-electron chi connectivity index (χ3n) is 7.82. The van der Waals surface area contributed by atoms with Gasteiger partial charge in [0.2, 0.25) is 0 Å². The Morgan fingerprint density at radius 3 is 2.48 bits per heavy atom. The van der Waals surface area contributed by atoms with Gasteiger partial charge in [0.15, 0.2) is 0 Å². The molecule has 1 saturated heterocycles. The average molecular weight is 453 g/mol. The molecule has 1 heterocycles. The highest BCUT2D eigenvalue weighted by Crippen LogP contribution is 2.50. The molecule has 2 fully saturated rings. The Morgan fingerprint density at radius 1 is 1.27 bits per heavy atom. The molecule has 2 unspecified atom stereocenters. The van der Waals surface area contributed by atoms with Crippen molar-refractivity contribution in [2.45, 2.75) is 83.5 Å². The molecule has 0 radical (unpaired) electrons. The minimum Gasteiger partial charge on any atom is -0.460 e. The smallest absolute Gasteiger partial charge is 0.457 e. The van der Waals surface area contributed by atoms with Gasteiger partial charge in [0, 0.05) is 4.91 Å². The third kappa shape index (κ3) is 5.13. The first-order chi connectivity index (χ1) is 15.6. The Labute approximate surface area is 197 Å². The maximum absolute atomic E-state index is 13.4. The van der Waals surface area contributed by atoms with Crippen LogP contribution in [0.2, 0.25) is 6.32 Å². The summed E-state index contributed by atoms with van der Waals surface area (Å²) in [6.45, 7) is 14.4. The van der Waals surface area contributed by atoms with E-state index in [0.717, 1.165) is 12.0 Å². The Bertz CT molecular complexity index is 884. The van der Waals surface area contributed by atoms with E-state index in [1.165, 1.54) is 0 Å². The summed E-state index contributed by atoms with van der Waals surface area (Å²) in [5.41, 5.74) is 8.30. The molecule has 7 nitrogen and oxygen atoms in total. The molecule has 178 valence electrons. The van der Waals surface area contributed by atoms with E-state index in [-0.39, 0.29) is 42.7 Å². The Hall–Kier alpha value is -2.28. The van der Waals surface area contributed by atoms with Gasteiger partial charge in [0.05, 0.1) is 11.2 Å². The monoisotopic (exact) mass is 453 g/mol. The summed E-state index contributed by atoms with van der Waals surface area (Å²) in [7, 11) is -0.291. The van der Waals surface area contributed by atoms with Crippen LogP contribution in [0.3, 0.4) is 0 Å². The first-order valence-electron chi connectivity index (χ1n) is 11.8. The quantitative estimate of drug-likeness (QED) is 0.113. The van der Waals surface area contributed by atoms with Gasteiger partial charge in [-0.05, 0) is 75.7 Å². The van der Waals surface area contributed by atoms with Crippen LogP contribution in [-0.2, 0) is 25.4 Å². The summed E-state index contributed by atoms with van der Waals surface area (Å²) in [5, 5.41) is 4.09. The van der Waals surface area contributed by atoms with Crippen LogP contribution in [0.5, 0.6) is 0 Å². The van der Waals surface area contributed by atoms with Crippen molar-refractivity contribution in [2.24, 2.45) is 22.9 Å². The van der Waals surface area contributed by atoms with Crippen molar-refractivity contribution in [3.05, 3.63) is 59.0 Å². The highest BCUT2D eigenvalue weighted by Gasteiger charge is 2.56. The second-order valence-electron chi connectivity index (χ2n) is 10.4. The van der Waals surface area contributed by atoms with Crippen molar-refractivity contribution in [1.82, 2.24) is 0 Å². The molecule has 1 aromatic rings. The summed E-state index contributed by atoms with van der Waals surface area (Å²) in [6.07, 6.45) is 4.47. The number of esters is 1. The normalized spacial score (nSPS) is 30.0. The second-order valence-corrected chi connectivity index (χ2v) is 10.4. The maximum atomic E-state index is 13.4. The number of allylic oxidation sites excluding steroid dienone is 1. The number of ether oxygens (including phenoxy) is 1. The second kappa shape index (κ2) is 9.92. The SMILES string of the molecule is C=C[C@@H]1CC(N=[N+]=[N-])(C(=O)OCc2ccccc2)C(CCCB2OC(C)(C)C(C)(C)O2)[C@@H]1C. The number of benzene rings is 1. The van der Waals surface area contributed by atoms with Gasteiger partial charge >= 0.3 is 13.1 Å². The molecule has 1 saturated carbocycles. The lowest BCUT2D eigenvalue weighted by atomic mass is 9.75. The fraction of sp³-hybridized carbons (Fsp3) is 0.640. The van der Waals surface area contributed by atoms with Gasteiger partial charge < -0.3 is 14.0 Å². The van der Waals surface area contributed by atoms with Crippen molar-refractivity contribution in [3.63, 3.8) is 0 Å². The molecule has 8 heteroatoms. The number of hydrogen-bond donors (Lipinski definition) is 0. The maximum Gasteiger partial charge on any atom is 0.457 e. The zero-order chi connectivity index (χ0) is 24.3. The summed E-state index contributed by atoms with van der Waals surface area (Å²) in [6, 6.07) is 9.52. The lowest BCUT2D eigenvalue weighted by Crippen LogP contribution is -2.42. The molecule has 3 rings (SSSR count). The minimum absolute atomic E-state index is 0.0709. The van der Waals surface area contributed by atoms with Gasteiger partial charge in [-0.1, -0.05) is 54.9 Å². The number of rotatable bonds is 9. The molecule has 0 bridgehead atoms. The Balaban J connectivity index is 1.73. The molecular weight excluding hydrogens is 417 g/mol. The predicted molar refractivity (Wildman–Crippen MR) is 129 cm³/mol. The molecule has 33 heavy (non-hydrogen) atoms. The summed E-state index contributed by atoms with van der Waals surface area (Å²) in [5.74, 6) is -0.403. The highest BCUT2D eigenvalue weighted by atomic mass is 16.7. The van der Waals surface area contributed by atoms with Crippen LogP contribution in [-0.4, -0.2) is 29.8 Å². The summed E-state index contributed by atoms with van der Waals surface area (Å²) in [4.78, 5) is 16.5. The van der Waals surface area contributed by atoms with Crippen LogP contribution in [0.4, 0.5) is 0 Å². The molecule has 0 aromatic heterocycles. The van der Waals surface area contributed by atoms with E-state index in [4.69, 9.17) is 14.0 Å². The van der Waals surface area contributed by atoms with Crippen molar-refractivity contribution in [3.8, 4) is 0 Å². The van der Waals surface area contributed by atoms with Crippen molar-refractivity contribution >= 4 is 13.1 Å². The van der Waals surface area contributed by atoms with Crippen molar-refractivity contribution in [2.75, 3.05) is 0 Å². The van der Waals surface area contributed by atoms with E-state index in [2.05, 4.69) is 23.5 Å². The van der Waals surface area contributed by atoms with E-state index >= 15 is 0 Å². The number of carbonyl (C=O) groups excluding carboxylic acids is 1. The molecule has 2 aliphatic rings. The lowest BCUT2D eigenvalue weighted by molar-refractivity contribution is -0.153. The van der Waals surface area contributed by atoms with Gasteiger partial charge in [-0.3, -0.25) is 4.79 Å². The largest absolute Gasteiger partial charge is 0.460 e.